The van der Waals surface area contributed by atoms with Crippen LogP contribution in [0.25, 0.3) is 0 Å². The van der Waals surface area contributed by atoms with Crippen LogP contribution in [0, 0.1) is 5.41 Å². The topological polar surface area (TPSA) is 58.3 Å². The number of likely N-dealkylation sites (tertiary alicyclic amines) is 1. The van der Waals surface area contributed by atoms with Gasteiger partial charge in [-0.15, -0.1) is 10.2 Å². The van der Waals surface area contributed by atoms with Gasteiger partial charge in [-0.3, -0.25) is 4.99 Å². The van der Waals surface area contributed by atoms with E-state index in [0.29, 0.717) is 12.0 Å². The minimum Gasteiger partial charge on any atom is -0.349 e. The van der Waals surface area contributed by atoms with Crippen molar-refractivity contribution in [1.82, 2.24) is 25.0 Å². The number of hydrogen-bond acceptors (Lipinski definition) is 3. The van der Waals surface area contributed by atoms with Gasteiger partial charge in [0.2, 0.25) is 0 Å². The molecule has 20 heavy (non-hydrogen) atoms. The zero-order valence-corrected chi connectivity index (χ0v) is 13.1. The number of nitrogens with one attached hydrogen (secondary N) is 1. The maximum Gasteiger partial charge on any atom is 0.194 e. The first kappa shape index (κ1) is 14.8. The van der Waals surface area contributed by atoms with Crippen LogP contribution in [0.4, 0.5) is 0 Å². The van der Waals surface area contributed by atoms with Crippen LogP contribution in [0.3, 0.4) is 0 Å². The summed E-state index contributed by atoms with van der Waals surface area (Å²) < 4.78 is 1.92. The first-order valence-corrected chi connectivity index (χ1v) is 7.42. The maximum absolute atomic E-state index is 4.41. The first-order valence-electron chi connectivity index (χ1n) is 7.42. The molecule has 1 saturated heterocycles. The van der Waals surface area contributed by atoms with E-state index < -0.39 is 0 Å². The number of hydrogen-bond donors (Lipinski definition) is 1. The summed E-state index contributed by atoms with van der Waals surface area (Å²) in [5.41, 5.74) is 0.461. The fraction of sp³-hybridized carbons (Fsp3) is 0.786. The number of aromatic nitrogens is 3. The molecule has 0 unspecified atom stereocenters. The molecule has 1 aromatic rings. The van der Waals surface area contributed by atoms with E-state index in [1.54, 1.807) is 6.33 Å². The molecule has 6 heteroatoms. The van der Waals surface area contributed by atoms with Crippen LogP contribution >= 0.6 is 0 Å². The Balaban J connectivity index is 1.95. The van der Waals surface area contributed by atoms with Gasteiger partial charge < -0.3 is 14.8 Å². The van der Waals surface area contributed by atoms with Gasteiger partial charge in [0.15, 0.2) is 11.8 Å². The summed E-state index contributed by atoms with van der Waals surface area (Å²) in [5.74, 6) is 1.89. The van der Waals surface area contributed by atoms with Gasteiger partial charge in [-0.2, -0.15) is 0 Å². The van der Waals surface area contributed by atoms with Gasteiger partial charge in [0, 0.05) is 27.2 Å². The maximum atomic E-state index is 4.41. The molecule has 0 bridgehead atoms. The highest BCUT2D eigenvalue weighted by Gasteiger charge is 2.36. The van der Waals surface area contributed by atoms with Crippen molar-refractivity contribution in [3.8, 4) is 0 Å². The molecule has 0 aliphatic carbocycles. The van der Waals surface area contributed by atoms with Crippen molar-refractivity contribution in [2.45, 2.75) is 39.7 Å². The summed E-state index contributed by atoms with van der Waals surface area (Å²) in [6.45, 7) is 7.43. The molecule has 0 radical (unpaired) electrons. The van der Waals surface area contributed by atoms with E-state index in [0.717, 1.165) is 24.9 Å². The summed E-state index contributed by atoms with van der Waals surface area (Å²) in [6.07, 6.45) is 5.44. The molecule has 1 N–H and O–H groups in total. The van der Waals surface area contributed by atoms with E-state index in [9.17, 15) is 0 Å². The van der Waals surface area contributed by atoms with Crippen LogP contribution in [0.2, 0.25) is 0 Å². The number of aliphatic imine (C=N–C) groups is 1. The molecule has 0 saturated carbocycles. The molecular formula is C14H26N6. The van der Waals surface area contributed by atoms with E-state index in [1.165, 1.54) is 19.3 Å². The third-order valence-electron chi connectivity index (χ3n) is 4.66. The Bertz CT molecular complexity index is 460. The standard InChI is InChI=1S/C14H26N6/c1-5-14(6-2)7-8-20(10-14)13(15-3)16-9-12-18-17-11-19(12)4/h11H,5-10H2,1-4H3,(H,15,16). The Morgan fingerprint density at radius 2 is 2.20 bits per heavy atom. The van der Waals surface area contributed by atoms with Crippen molar-refractivity contribution in [3.63, 3.8) is 0 Å². The van der Waals surface area contributed by atoms with Crippen molar-refractivity contribution in [2.75, 3.05) is 20.1 Å². The van der Waals surface area contributed by atoms with Gasteiger partial charge in [0.1, 0.15) is 6.33 Å². The zero-order valence-electron chi connectivity index (χ0n) is 13.1. The smallest absolute Gasteiger partial charge is 0.194 e. The van der Waals surface area contributed by atoms with Crippen LogP contribution in [0.15, 0.2) is 11.3 Å². The molecule has 0 spiro atoms. The lowest BCUT2D eigenvalue weighted by atomic mass is 9.82. The first-order chi connectivity index (χ1) is 9.64. The molecular weight excluding hydrogens is 252 g/mol. The summed E-state index contributed by atoms with van der Waals surface area (Å²) in [7, 11) is 3.80. The largest absolute Gasteiger partial charge is 0.349 e. The van der Waals surface area contributed by atoms with Crippen molar-refractivity contribution in [1.29, 1.82) is 0 Å². The molecule has 0 aromatic carbocycles. The van der Waals surface area contributed by atoms with Crippen molar-refractivity contribution in [3.05, 3.63) is 12.2 Å². The predicted molar refractivity (Wildman–Crippen MR) is 80.4 cm³/mol. The van der Waals surface area contributed by atoms with Crippen molar-refractivity contribution in [2.24, 2.45) is 17.5 Å². The summed E-state index contributed by atoms with van der Waals surface area (Å²) in [6, 6.07) is 0. The van der Waals surface area contributed by atoms with Crippen LogP contribution in [-0.2, 0) is 13.6 Å². The van der Waals surface area contributed by atoms with Crippen molar-refractivity contribution >= 4 is 5.96 Å². The third-order valence-corrected chi connectivity index (χ3v) is 4.66. The Labute approximate surface area is 121 Å². The molecule has 112 valence electrons. The zero-order chi connectivity index (χ0) is 14.6. The molecule has 1 aliphatic heterocycles. The van der Waals surface area contributed by atoms with Crippen LogP contribution in [0.5, 0.6) is 0 Å². The second kappa shape index (κ2) is 6.24. The van der Waals surface area contributed by atoms with E-state index >= 15 is 0 Å². The molecule has 6 nitrogen and oxygen atoms in total. The molecule has 2 heterocycles. The van der Waals surface area contributed by atoms with Crippen LogP contribution < -0.4 is 5.32 Å². The summed E-state index contributed by atoms with van der Waals surface area (Å²) in [5, 5.41) is 11.4. The van der Waals surface area contributed by atoms with Gasteiger partial charge in [-0.05, 0) is 24.7 Å². The van der Waals surface area contributed by atoms with Gasteiger partial charge >= 0.3 is 0 Å². The van der Waals surface area contributed by atoms with E-state index in [2.05, 4.69) is 39.3 Å². The normalized spacial score (nSPS) is 18.6. The van der Waals surface area contributed by atoms with Crippen molar-refractivity contribution < 1.29 is 0 Å². The molecule has 1 aromatic heterocycles. The number of rotatable bonds is 4. The Morgan fingerprint density at radius 1 is 1.45 bits per heavy atom. The van der Waals surface area contributed by atoms with Crippen LogP contribution in [-0.4, -0.2) is 45.8 Å². The number of nitrogens with zero attached hydrogens (tertiary/aromatic N) is 5. The van der Waals surface area contributed by atoms with Gasteiger partial charge in [0.05, 0.1) is 6.54 Å². The number of aryl methyl sites for hydroxylation is 1. The average molecular weight is 278 g/mol. The molecule has 1 fully saturated rings. The predicted octanol–water partition coefficient (Wildman–Crippen LogP) is 1.40. The highest BCUT2D eigenvalue weighted by molar-refractivity contribution is 5.80. The Kier molecular flexibility index (Phi) is 4.62. The lowest BCUT2D eigenvalue weighted by Gasteiger charge is -2.27. The summed E-state index contributed by atoms with van der Waals surface area (Å²) in [4.78, 5) is 6.77. The monoisotopic (exact) mass is 278 g/mol. The second-order valence-corrected chi connectivity index (χ2v) is 5.64. The highest BCUT2D eigenvalue weighted by Crippen LogP contribution is 2.36. The molecule has 0 amide bonds. The number of guanidine groups is 1. The fourth-order valence-corrected chi connectivity index (χ4v) is 2.90. The minimum atomic E-state index is 0.461. The van der Waals surface area contributed by atoms with E-state index in [-0.39, 0.29) is 0 Å². The molecule has 1 aliphatic rings. The molecule has 0 atom stereocenters. The quantitative estimate of drug-likeness (QED) is 0.668. The lowest BCUT2D eigenvalue weighted by molar-refractivity contribution is 0.276. The second-order valence-electron chi connectivity index (χ2n) is 5.64. The fourth-order valence-electron chi connectivity index (χ4n) is 2.90. The van der Waals surface area contributed by atoms with Gasteiger partial charge in [0.25, 0.3) is 0 Å². The third kappa shape index (κ3) is 2.94. The van der Waals surface area contributed by atoms with Gasteiger partial charge in [-0.1, -0.05) is 13.8 Å². The summed E-state index contributed by atoms with van der Waals surface area (Å²) >= 11 is 0. The van der Waals surface area contributed by atoms with E-state index in [4.69, 9.17) is 0 Å². The Morgan fingerprint density at radius 3 is 2.70 bits per heavy atom. The Hall–Kier alpha value is -1.59. The van der Waals surface area contributed by atoms with Crippen LogP contribution in [0.1, 0.15) is 38.9 Å². The highest BCUT2D eigenvalue weighted by atomic mass is 15.3. The SMILES string of the molecule is CCC1(CC)CCN(C(=NC)NCc2nncn2C)C1. The minimum absolute atomic E-state index is 0.461. The van der Waals surface area contributed by atoms with Gasteiger partial charge in [-0.25, -0.2) is 0 Å². The van der Waals surface area contributed by atoms with E-state index in [1.807, 2.05) is 18.7 Å². The average Bonchev–Trinajstić information content (AvgIpc) is 3.07. The molecule has 2 rings (SSSR count). The lowest BCUT2D eigenvalue weighted by Crippen LogP contribution is -2.41.